The van der Waals surface area contributed by atoms with Gasteiger partial charge in [0, 0.05) is 24.4 Å². The molecule has 0 aliphatic carbocycles. The van der Waals surface area contributed by atoms with Crippen LogP contribution in [0.4, 0.5) is 0 Å². The number of fused-ring (bicyclic) bond motifs is 1. The largest absolute Gasteiger partial charge is 0.368 e. The van der Waals surface area contributed by atoms with Crippen LogP contribution in [0.5, 0.6) is 0 Å². The lowest BCUT2D eigenvalue weighted by atomic mass is 10.1. The number of thiol groups is 1. The molecule has 0 radical (unpaired) electrons. The molecule has 0 spiro atoms. The van der Waals surface area contributed by atoms with Gasteiger partial charge in [-0.05, 0) is 18.4 Å². The molecule has 114 valence electrons. The molecule has 8 nitrogen and oxygen atoms in total. The van der Waals surface area contributed by atoms with Gasteiger partial charge in [0.1, 0.15) is 0 Å². The first kappa shape index (κ1) is 16.1. The van der Waals surface area contributed by atoms with Gasteiger partial charge in [-0.15, -0.1) is 0 Å². The molecule has 0 saturated carbocycles. The zero-order valence-corrected chi connectivity index (χ0v) is 13.0. The van der Waals surface area contributed by atoms with Crippen LogP contribution in [0.1, 0.15) is 6.42 Å². The molecular formula is C9H16N2O6P2S. The molecule has 20 heavy (non-hydrogen) atoms. The lowest BCUT2D eigenvalue weighted by Gasteiger charge is -2.31. The molecule has 0 amide bonds. The van der Waals surface area contributed by atoms with E-state index >= 15 is 0 Å². The van der Waals surface area contributed by atoms with E-state index in [1.165, 1.54) is 0 Å². The standard InChI is InChI=1S/C9H16N2O6P2S/c12-18(13,14)9(19(15,16)17)6-8-7(10-9)2-1-3-11(8)4-5-20/h1-3,8,10,20H,4-6H2,(H2,12,13,14)(H2,15,16,17). The van der Waals surface area contributed by atoms with E-state index in [9.17, 15) is 28.7 Å². The van der Waals surface area contributed by atoms with Crippen molar-refractivity contribution in [2.45, 2.75) is 17.5 Å². The third-order valence-corrected chi connectivity index (χ3v) is 7.74. The van der Waals surface area contributed by atoms with Crippen LogP contribution in [0.3, 0.4) is 0 Å². The van der Waals surface area contributed by atoms with Crippen LogP contribution in [0.15, 0.2) is 24.0 Å². The fraction of sp³-hybridized carbons (Fsp3) is 0.556. The van der Waals surface area contributed by atoms with Crippen molar-refractivity contribution in [2.24, 2.45) is 0 Å². The lowest BCUT2D eigenvalue weighted by molar-refractivity contribution is 0.281. The molecule has 2 heterocycles. The van der Waals surface area contributed by atoms with E-state index < -0.39 is 26.3 Å². The van der Waals surface area contributed by atoms with E-state index in [1.54, 1.807) is 23.3 Å². The first-order valence-electron chi connectivity index (χ1n) is 5.77. The number of rotatable bonds is 4. The smallest absolute Gasteiger partial charge is 0.363 e. The van der Waals surface area contributed by atoms with Gasteiger partial charge in [0.2, 0.25) is 5.02 Å². The van der Waals surface area contributed by atoms with Gasteiger partial charge in [0.15, 0.2) is 0 Å². The fourth-order valence-corrected chi connectivity index (χ4v) is 5.41. The maximum atomic E-state index is 11.7. The van der Waals surface area contributed by atoms with Crippen molar-refractivity contribution < 1.29 is 28.7 Å². The summed E-state index contributed by atoms with van der Waals surface area (Å²) in [7, 11) is -10.1. The van der Waals surface area contributed by atoms with Crippen molar-refractivity contribution in [1.29, 1.82) is 0 Å². The average molecular weight is 342 g/mol. The Kier molecular flexibility index (Phi) is 4.17. The second kappa shape index (κ2) is 5.18. The second-order valence-electron chi connectivity index (χ2n) is 4.67. The Morgan fingerprint density at radius 3 is 2.45 bits per heavy atom. The van der Waals surface area contributed by atoms with E-state index in [1.807, 2.05) is 0 Å². The van der Waals surface area contributed by atoms with Crippen molar-refractivity contribution in [3.05, 3.63) is 24.0 Å². The molecule has 0 aromatic heterocycles. The highest BCUT2D eigenvalue weighted by Gasteiger charge is 2.65. The SMILES string of the molecule is O=P(O)(O)C1(P(=O)(O)O)CC2C(=CC=CN2CCS)N1. The minimum absolute atomic E-state index is 0.370. The highest BCUT2D eigenvalue weighted by molar-refractivity contribution is 7.80. The Morgan fingerprint density at radius 1 is 1.35 bits per heavy atom. The summed E-state index contributed by atoms with van der Waals surface area (Å²) in [5.41, 5.74) is 0.390. The molecule has 1 unspecified atom stereocenters. The average Bonchev–Trinajstić information content (AvgIpc) is 2.69. The van der Waals surface area contributed by atoms with Crippen LogP contribution in [-0.2, 0) is 9.13 Å². The van der Waals surface area contributed by atoms with Crippen molar-refractivity contribution in [2.75, 3.05) is 12.3 Å². The van der Waals surface area contributed by atoms with Gasteiger partial charge < -0.3 is 29.8 Å². The van der Waals surface area contributed by atoms with Crippen LogP contribution in [0, 0.1) is 0 Å². The van der Waals surface area contributed by atoms with Crippen molar-refractivity contribution in [3.63, 3.8) is 0 Å². The van der Waals surface area contributed by atoms with E-state index in [0.29, 0.717) is 18.0 Å². The third kappa shape index (κ3) is 2.48. The van der Waals surface area contributed by atoms with E-state index in [2.05, 4.69) is 17.9 Å². The maximum absolute atomic E-state index is 11.7. The van der Waals surface area contributed by atoms with Gasteiger partial charge in [-0.2, -0.15) is 12.6 Å². The summed E-state index contributed by atoms with van der Waals surface area (Å²) >= 11 is 4.09. The maximum Gasteiger partial charge on any atom is 0.363 e. The summed E-state index contributed by atoms with van der Waals surface area (Å²) in [6, 6.07) is -0.507. The molecule has 0 bridgehead atoms. The molecule has 5 N–H and O–H groups in total. The van der Waals surface area contributed by atoms with E-state index in [0.717, 1.165) is 0 Å². The van der Waals surface area contributed by atoms with Gasteiger partial charge in [0.25, 0.3) is 0 Å². The normalized spacial score (nSPS) is 25.1. The number of nitrogens with zero attached hydrogens (tertiary/aromatic N) is 1. The van der Waals surface area contributed by atoms with Crippen molar-refractivity contribution >= 4 is 27.8 Å². The predicted octanol–water partition coefficient (Wildman–Crippen LogP) is 0.000500. The molecule has 1 atom stereocenters. The molecular weight excluding hydrogens is 326 g/mol. The summed E-state index contributed by atoms with van der Waals surface area (Å²) in [5.74, 6) is 0.507. The number of allylic oxidation sites excluding steroid dienone is 2. The minimum atomic E-state index is -5.07. The van der Waals surface area contributed by atoms with Gasteiger partial charge in [0.05, 0.1) is 6.04 Å². The Labute approximate surface area is 121 Å². The predicted molar refractivity (Wildman–Crippen MR) is 76.1 cm³/mol. The van der Waals surface area contributed by atoms with Crippen molar-refractivity contribution in [3.8, 4) is 0 Å². The zero-order valence-electron chi connectivity index (χ0n) is 10.3. The van der Waals surface area contributed by atoms with Crippen LogP contribution in [0.2, 0.25) is 0 Å². The molecule has 2 rings (SSSR count). The monoisotopic (exact) mass is 342 g/mol. The number of hydrogen-bond donors (Lipinski definition) is 6. The summed E-state index contributed by atoms with van der Waals surface area (Å²) in [6.45, 7) is 0.502. The second-order valence-corrected chi connectivity index (χ2v) is 9.18. The summed E-state index contributed by atoms with van der Waals surface area (Å²) in [4.78, 5) is 39.5. The summed E-state index contributed by atoms with van der Waals surface area (Å²) < 4.78 is 23.3. The molecule has 1 saturated heterocycles. The first-order valence-corrected chi connectivity index (χ1v) is 9.62. The van der Waals surface area contributed by atoms with Gasteiger partial charge in [-0.3, -0.25) is 9.13 Å². The Morgan fingerprint density at radius 2 is 1.95 bits per heavy atom. The highest BCUT2D eigenvalue weighted by Crippen LogP contribution is 2.71. The Balaban J connectivity index is 2.43. The third-order valence-electron chi connectivity index (χ3n) is 3.46. The molecule has 0 aromatic rings. The van der Waals surface area contributed by atoms with Gasteiger partial charge >= 0.3 is 15.2 Å². The van der Waals surface area contributed by atoms with E-state index in [-0.39, 0.29) is 6.42 Å². The number of hydrogen-bond acceptors (Lipinski definition) is 5. The first-order chi connectivity index (χ1) is 9.12. The molecule has 2 aliphatic heterocycles. The quantitative estimate of drug-likeness (QED) is 0.311. The van der Waals surface area contributed by atoms with Crippen LogP contribution >= 0.6 is 27.8 Å². The molecule has 0 aromatic carbocycles. The topological polar surface area (TPSA) is 130 Å². The van der Waals surface area contributed by atoms with Crippen LogP contribution in [-0.4, -0.2) is 47.8 Å². The lowest BCUT2D eigenvalue weighted by Crippen LogP contribution is -2.38. The fourth-order valence-electron chi connectivity index (χ4n) is 2.45. The minimum Gasteiger partial charge on any atom is -0.368 e. The summed E-state index contributed by atoms with van der Waals surface area (Å²) in [5, 5.41) is -0.166. The number of nitrogens with one attached hydrogen (secondary N) is 1. The zero-order chi connectivity index (χ0) is 15.2. The molecule has 1 fully saturated rings. The van der Waals surface area contributed by atoms with Gasteiger partial charge in [-0.1, -0.05) is 0 Å². The highest BCUT2D eigenvalue weighted by atomic mass is 32.1. The summed E-state index contributed by atoms with van der Waals surface area (Å²) in [6.07, 6.45) is 4.55. The van der Waals surface area contributed by atoms with Crippen LogP contribution in [0.25, 0.3) is 0 Å². The van der Waals surface area contributed by atoms with E-state index in [4.69, 9.17) is 0 Å². The van der Waals surface area contributed by atoms with Crippen molar-refractivity contribution in [1.82, 2.24) is 10.2 Å². The van der Waals surface area contributed by atoms with Crippen LogP contribution < -0.4 is 5.32 Å². The van der Waals surface area contributed by atoms with Gasteiger partial charge in [-0.25, -0.2) is 0 Å². The Hall–Kier alpha value is -0.270. The molecule has 11 heteroatoms. The Bertz CT molecular complexity index is 531. The molecule has 2 aliphatic rings.